The zero-order chi connectivity index (χ0) is 9.84. The number of nitrogens with zero attached hydrogens (tertiary/aromatic N) is 2. The molecule has 2 nitrogen and oxygen atoms in total. The van der Waals surface area contributed by atoms with Gasteiger partial charge in [-0.1, -0.05) is 0 Å². The molecule has 0 aliphatic carbocycles. The molecular weight excluding hydrogens is 199 g/mol. The quantitative estimate of drug-likeness (QED) is 0.439. The minimum Gasteiger partial charge on any atom is -0.459 e. The molecule has 0 saturated carbocycles. The second-order valence-corrected chi connectivity index (χ2v) is 4.59. The average molecular weight is 222 g/mol. The van der Waals surface area contributed by atoms with E-state index in [2.05, 4.69) is 37.7 Å². The molecule has 3 heteroatoms. The van der Waals surface area contributed by atoms with E-state index in [-0.39, 0.29) is 51.4 Å². The number of likely N-dealkylation sites (tertiary alicyclic amines) is 1. The summed E-state index contributed by atoms with van der Waals surface area (Å²) in [6.07, 6.45) is 2.64. The summed E-state index contributed by atoms with van der Waals surface area (Å²) < 4.78 is 0. The topological polar surface area (TPSA) is 6.48 Å². The maximum Gasteiger partial charge on any atom is 1.00 e. The third-order valence-electron chi connectivity index (χ3n) is 3.13. The van der Waals surface area contributed by atoms with Crippen molar-refractivity contribution in [2.75, 3.05) is 26.7 Å². The first-order valence-corrected chi connectivity index (χ1v) is 5.35. The van der Waals surface area contributed by atoms with E-state index >= 15 is 0 Å². The van der Waals surface area contributed by atoms with Crippen LogP contribution in [0.3, 0.4) is 0 Å². The van der Waals surface area contributed by atoms with E-state index in [0.29, 0.717) is 6.04 Å². The molecule has 1 aliphatic rings. The number of hydrogen-bond donors (Lipinski definition) is 0. The van der Waals surface area contributed by atoms with Crippen molar-refractivity contribution in [3.8, 4) is 0 Å². The van der Waals surface area contributed by atoms with Gasteiger partial charge in [-0.05, 0) is 52.7 Å². The van der Waals surface area contributed by atoms with E-state index in [1.165, 1.54) is 32.5 Å². The van der Waals surface area contributed by atoms with Crippen molar-refractivity contribution in [3.63, 3.8) is 0 Å². The van der Waals surface area contributed by atoms with Crippen molar-refractivity contribution in [2.45, 2.75) is 32.7 Å². The Morgan fingerprint density at radius 3 is 2.29 bits per heavy atom. The van der Waals surface area contributed by atoms with Gasteiger partial charge < -0.3 is 9.80 Å². The largest absolute Gasteiger partial charge is 1.00 e. The van der Waals surface area contributed by atoms with Crippen molar-refractivity contribution < 1.29 is 51.4 Å². The van der Waals surface area contributed by atoms with Gasteiger partial charge in [-0.3, -0.25) is 7.05 Å². The Balaban J connectivity index is 0.00000169. The van der Waals surface area contributed by atoms with E-state index in [0.717, 1.165) is 5.92 Å². The van der Waals surface area contributed by atoms with Gasteiger partial charge in [0.2, 0.25) is 0 Å². The van der Waals surface area contributed by atoms with Crippen LogP contribution in [0.15, 0.2) is 0 Å². The maximum atomic E-state index is 3.97. The Bertz CT molecular complexity index is 142. The Hall–Kier alpha value is 1.56. The molecule has 14 heavy (non-hydrogen) atoms. The fourth-order valence-corrected chi connectivity index (χ4v) is 1.79. The van der Waals surface area contributed by atoms with Crippen LogP contribution in [0.1, 0.15) is 26.7 Å². The first-order chi connectivity index (χ1) is 6.09. The van der Waals surface area contributed by atoms with Crippen LogP contribution in [-0.4, -0.2) is 42.5 Å². The molecule has 0 aromatic heterocycles. The van der Waals surface area contributed by atoms with Crippen LogP contribution < -0.4 is 51.4 Å². The third-order valence-corrected chi connectivity index (χ3v) is 3.13. The van der Waals surface area contributed by atoms with Gasteiger partial charge in [-0.25, -0.2) is 0 Å². The monoisotopic (exact) mass is 222 g/mol. The summed E-state index contributed by atoms with van der Waals surface area (Å²) in [7, 11) is 6.19. The molecule has 0 radical (unpaired) electrons. The van der Waals surface area contributed by atoms with Gasteiger partial charge in [0.25, 0.3) is 0 Å². The fourth-order valence-electron chi connectivity index (χ4n) is 1.79. The number of rotatable bonds is 3. The Morgan fingerprint density at radius 2 is 1.86 bits per heavy atom. The van der Waals surface area contributed by atoms with Gasteiger partial charge in [0.1, 0.15) is 0 Å². The molecular formula is C11H23KN2. The van der Waals surface area contributed by atoms with E-state index < -0.39 is 0 Å². The molecule has 1 heterocycles. The van der Waals surface area contributed by atoms with Crippen molar-refractivity contribution in [2.24, 2.45) is 5.92 Å². The first kappa shape index (κ1) is 15.6. The van der Waals surface area contributed by atoms with Crippen LogP contribution >= 0.6 is 0 Å². The molecule has 0 spiro atoms. The minimum atomic E-state index is 0. The second kappa shape index (κ2) is 7.77. The molecule has 1 rings (SSSR count). The summed E-state index contributed by atoms with van der Waals surface area (Å²) in [5.74, 6) is 0.894. The van der Waals surface area contributed by atoms with Crippen LogP contribution in [0.5, 0.6) is 0 Å². The predicted molar refractivity (Wildman–Crippen MR) is 57.4 cm³/mol. The third kappa shape index (κ3) is 5.59. The Kier molecular flexibility index (Phi) is 8.63. The molecule has 0 bridgehead atoms. The van der Waals surface area contributed by atoms with Crippen LogP contribution in [-0.2, 0) is 0 Å². The first-order valence-electron chi connectivity index (χ1n) is 5.35. The van der Waals surface area contributed by atoms with Crippen molar-refractivity contribution in [1.29, 1.82) is 0 Å². The van der Waals surface area contributed by atoms with Gasteiger partial charge >= 0.3 is 51.4 Å². The van der Waals surface area contributed by atoms with E-state index in [9.17, 15) is 0 Å². The summed E-state index contributed by atoms with van der Waals surface area (Å²) in [6, 6.07) is 0.679. The van der Waals surface area contributed by atoms with Crippen LogP contribution in [0.2, 0.25) is 0 Å². The van der Waals surface area contributed by atoms with E-state index in [1.807, 2.05) is 0 Å². The number of hydrogen-bond acceptors (Lipinski definition) is 2. The SMILES string of the molecule is [CH2-]N1CCC(CN(C)C(C)C)CC1.[K+]. The molecule has 0 N–H and O–H groups in total. The molecule has 0 aromatic rings. The molecule has 1 aliphatic heterocycles. The predicted octanol–water partition coefficient (Wildman–Crippen LogP) is -1.17. The summed E-state index contributed by atoms with van der Waals surface area (Å²) in [5, 5.41) is 0. The van der Waals surface area contributed by atoms with Gasteiger partial charge in [-0.2, -0.15) is 0 Å². The summed E-state index contributed by atoms with van der Waals surface area (Å²) in [6.45, 7) is 8.13. The molecule has 78 valence electrons. The van der Waals surface area contributed by atoms with Crippen LogP contribution in [0, 0.1) is 13.0 Å². The normalized spacial score (nSPS) is 20.1. The van der Waals surface area contributed by atoms with Gasteiger partial charge in [0.15, 0.2) is 0 Å². The average Bonchev–Trinajstić information content (AvgIpc) is 2.08. The molecule has 0 amide bonds. The van der Waals surface area contributed by atoms with Crippen molar-refractivity contribution in [3.05, 3.63) is 7.05 Å². The standard InChI is InChI=1S/C11H23N2.K/c1-10(2)13(4)9-11-5-7-12(3)8-6-11;/h10-11H,3,5-9H2,1-2,4H3;/q-1;+1. The molecule has 0 unspecified atom stereocenters. The number of piperidine rings is 1. The second-order valence-electron chi connectivity index (χ2n) is 4.59. The summed E-state index contributed by atoms with van der Waals surface area (Å²) >= 11 is 0. The molecule has 0 aromatic carbocycles. The van der Waals surface area contributed by atoms with Crippen molar-refractivity contribution >= 4 is 0 Å². The Morgan fingerprint density at radius 1 is 1.36 bits per heavy atom. The van der Waals surface area contributed by atoms with Gasteiger partial charge in [-0.15, -0.1) is 0 Å². The van der Waals surface area contributed by atoms with E-state index in [1.54, 1.807) is 0 Å². The molecule has 1 saturated heterocycles. The fraction of sp³-hybridized carbons (Fsp3) is 0.909. The molecule has 0 atom stereocenters. The van der Waals surface area contributed by atoms with Crippen LogP contribution in [0.25, 0.3) is 0 Å². The Labute approximate surface area is 132 Å². The van der Waals surface area contributed by atoms with Crippen molar-refractivity contribution in [1.82, 2.24) is 9.80 Å². The zero-order valence-corrected chi connectivity index (χ0v) is 13.4. The molecule has 1 fully saturated rings. The van der Waals surface area contributed by atoms with Gasteiger partial charge in [0.05, 0.1) is 0 Å². The zero-order valence-electron chi connectivity index (χ0n) is 10.3. The van der Waals surface area contributed by atoms with Crippen LogP contribution in [0.4, 0.5) is 0 Å². The maximum absolute atomic E-state index is 3.97. The summed E-state index contributed by atoms with van der Waals surface area (Å²) in [4.78, 5) is 4.63. The van der Waals surface area contributed by atoms with E-state index in [4.69, 9.17) is 0 Å². The van der Waals surface area contributed by atoms with Gasteiger partial charge in [0, 0.05) is 12.6 Å². The summed E-state index contributed by atoms with van der Waals surface area (Å²) in [5.41, 5.74) is 0. The smallest absolute Gasteiger partial charge is 0.459 e. The minimum absolute atomic E-state index is 0.